The highest BCUT2D eigenvalue weighted by Gasteiger charge is 2.24. The SMILES string of the molecule is CN(C(=O)c1ccc(-c2n[nH]c(=S)o2)cc1)C1CCOC1. The minimum atomic E-state index is -0.0139. The Morgan fingerprint density at radius 1 is 1.43 bits per heavy atom. The molecule has 110 valence electrons. The van der Waals surface area contributed by atoms with Gasteiger partial charge in [-0.2, -0.15) is 0 Å². The van der Waals surface area contributed by atoms with E-state index < -0.39 is 0 Å². The molecule has 1 atom stereocenters. The number of nitrogens with zero attached hydrogens (tertiary/aromatic N) is 2. The lowest BCUT2D eigenvalue weighted by Gasteiger charge is -2.23. The second kappa shape index (κ2) is 5.79. The Morgan fingerprint density at radius 2 is 2.19 bits per heavy atom. The zero-order valence-electron chi connectivity index (χ0n) is 11.5. The molecule has 2 aromatic rings. The molecular formula is C14H15N3O3S. The van der Waals surface area contributed by atoms with Gasteiger partial charge >= 0.3 is 0 Å². The van der Waals surface area contributed by atoms with Crippen LogP contribution in [0.4, 0.5) is 0 Å². The van der Waals surface area contributed by atoms with Crippen LogP contribution in [0.5, 0.6) is 0 Å². The predicted molar refractivity (Wildman–Crippen MR) is 78.4 cm³/mol. The van der Waals surface area contributed by atoms with E-state index in [0.717, 1.165) is 12.0 Å². The van der Waals surface area contributed by atoms with Gasteiger partial charge in [-0.05, 0) is 42.9 Å². The number of H-pyrrole nitrogens is 1. The summed E-state index contributed by atoms with van der Waals surface area (Å²) in [5.41, 5.74) is 1.40. The monoisotopic (exact) mass is 305 g/mol. The molecule has 1 unspecified atom stereocenters. The fourth-order valence-electron chi connectivity index (χ4n) is 2.31. The molecule has 0 saturated carbocycles. The summed E-state index contributed by atoms with van der Waals surface area (Å²) in [6, 6.07) is 7.26. The Kier molecular flexibility index (Phi) is 3.85. The average Bonchev–Trinajstić information content (AvgIpc) is 3.17. The van der Waals surface area contributed by atoms with Crippen LogP contribution in [0.15, 0.2) is 28.7 Å². The molecule has 1 fully saturated rings. The summed E-state index contributed by atoms with van der Waals surface area (Å²) in [5, 5.41) is 6.52. The van der Waals surface area contributed by atoms with E-state index in [1.54, 1.807) is 29.2 Å². The van der Waals surface area contributed by atoms with Crippen LogP contribution in [0.25, 0.3) is 11.5 Å². The van der Waals surface area contributed by atoms with Crippen LogP contribution in [0.1, 0.15) is 16.8 Å². The first-order chi connectivity index (χ1) is 10.1. The Bertz CT molecular complexity index is 686. The number of carbonyl (C=O) groups is 1. The smallest absolute Gasteiger partial charge is 0.284 e. The quantitative estimate of drug-likeness (QED) is 0.881. The Morgan fingerprint density at radius 3 is 2.76 bits per heavy atom. The topological polar surface area (TPSA) is 71.4 Å². The molecule has 0 spiro atoms. The van der Waals surface area contributed by atoms with Crippen LogP contribution in [-0.2, 0) is 4.74 Å². The summed E-state index contributed by atoms with van der Waals surface area (Å²) >= 11 is 4.84. The second-order valence-corrected chi connectivity index (χ2v) is 5.30. The normalized spacial score (nSPS) is 17.9. The summed E-state index contributed by atoms with van der Waals surface area (Å²) in [6.45, 7) is 1.32. The molecule has 0 aliphatic carbocycles. The molecule has 3 rings (SSSR count). The van der Waals surface area contributed by atoms with E-state index in [-0.39, 0.29) is 16.8 Å². The van der Waals surface area contributed by atoms with E-state index in [0.29, 0.717) is 24.7 Å². The largest absolute Gasteiger partial charge is 0.409 e. The van der Waals surface area contributed by atoms with Crippen LogP contribution in [0, 0.1) is 4.84 Å². The zero-order valence-corrected chi connectivity index (χ0v) is 12.4. The highest BCUT2D eigenvalue weighted by atomic mass is 32.1. The van der Waals surface area contributed by atoms with Gasteiger partial charge in [0.1, 0.15) is 0 Å². The van der Waals surface area contributed by atoms with E-state index in [1.807, 2.05) is 7.05 Å². The number of rotatable bonds is 3. The number of likely N-dealkylation sites (N-methyl/N-ethyl adjacent to an activating group) is 1. The molecule has 1 aromatic heterocycles. The molecule has 0 radical (unpaired) electrons. The number of amides is 1. The summed E-state index contributed by atoms with van der Waals surface area (Å²) < 4.78 is 10.6. The summed E-state index contributed by atoms with van der Waals surface area (Å²) in [4.78, 5) is 14.4. The van der Waals surface area contributed by atoms with Gasteiger partial charge in [0.2, 0.25) is 5.89 Å². The Balaban J connectivity index is 1.77. The molecule has 7 heteroatoms. The third-order valence-electron chi connectivity index (χ3n) is 3.59. The van der Waals surface area contributed by atoms with Crippen molar-refractivity contribution in [3.8, 4) is 11.5 Å². The summed E-state index contributed by atoms with van der Waals surface area (Å²) in [5.74, 6) is 0.400. The van der Waals surface area contributed by atoms with Crippen LogP contribution >= 0.6 is 12.2 Å². The van der Waals surface area contributed by atoms with Gasteiger partial charge in [0.05, 0.1) is 12.6 Å². The lowest BCUT2D eigenvalue weighted by atomic mass is 10.1. The molecule has 6 nitrogen and oxygen atoms in total. The summed E-state index contributed by atoms with van der Waals surface area (Å²) in [6.07, 6.45) is 0.883. The average molecular weight is 305 g/mol. The highest BCUT2D eigenvalue weighted by molar-refractivity contribution is 7.71. The fourth-order valence-corrected chi connectivity index (χ4v) is 2.43. The van der Waals surface area contributed by atoms with Gasteiger partial charge in [-0.1, -0.05) is 0 Å². The second-order valence-electron chi connectivity index (χ2n) is 4.93. The van der Waals surface area contributed by atoms with E-state index in [4.69, 9.17) is 21.4 Å². The third-order valence-corrected chi connectivity index (χ3v) is 3.77. The predicted octanol–water partition coefficient (Wildman–Crippen LogP) is 2.26. The minimum absolute atomic E-state index is 0.0139. The van der Waals surface area contributed by atoms with Crippen molar-refractivity contribution in [2.45, 2.75) is 12.5 Å². The molecule has 0 bridgehead atoms. The van der Waals surface area contributed by atoms with Crippen molar-refractivity contribution in [1.82, 2.24) is 15.1 Å². The number of carbonyl (C=O) groups excluding carboxylic acids is 1. The molecule has 1 saturated heterocycles. The standard InChI is InChI=1S/C14H15N3O3S/c1-17(11-6-7-19-8-11)13(18)10-4-2-9(3-5-10)12-15-16-14(21)20-12/h2-5,11H,6-8H2,1H3,(H,16,21). The van der Waals surface area contributed by atoms with Gasteiger partial charge in [-0.3, -0.25) is 4.79 Å². The molecule has 1 aromatic carbocycles. The molecule has 1 amide bonds. The van der Waals surface area contributed by atoms with E-state index in [1.165, 1.54) is 0 Å². The number of ether oxygens (including phenoxy) is 1. The zero-order chi connectivity index (χ0) is 14.8. The summed E-state index contributed by atoms with van der Waals surface area (Å²) in [7, 11) is 1.81. The first kappa shape index (κ1) is 14.0. The van der Waals surface area contributed by atoms with Crippen LogP contribution in [0.2, 0.25) is 0 Å². The molecular weight excluding hydrogens is 290 g/mol. The maximum atomic E-state index is 12.4. The Hall–Kier alpha value is -1.99. The van der Waals surface area contributed by atoms with Gasteiger partial charge in [0, 0.05) is 24.8 Å². The first-order valence-electron chi connectivity index (χ1n) is 6.66. The lowest BCUT2D eigenvalue weighted by Crippen LogP contribution is -2.37. The number of hydrogen-bond donors (Lipinski definition) is 1. The minimum Gasteiger partial charge on any atom is -0.409 e. The Labute approximate surface area is 126 Å². The van der Waals surface area contributed by atoms with Crippen molar-refractivity contribution in [1.29, 1.82) is 0 Å². The van der Waals surface area contributed by atoms with Crippen LogP contribution < -0.4 is 0 Å². The fraction of sp³-hybridized carbons (Fsp3) is 0.357. The van der Waals surface area contributed by atoms with Crippen LogP contribution in [0.3, 0.4) is 0 Å². The number of aromatic amines is 1. The lowest BCUT2D eigenvalue weighted by molar-refractivity contribution is 0.0711. The van der Waals surface area contributed by atoms with Crippen molar-refractivity contribution in [2.24, 2.45) is 0 Å². The number of nitrogens with one attached hydrogen (secondary N) is 1. The molecule has 2 heterocycles. The first-order valence-corrected chi connectivity index (χ1v) is 7.07. The van der Waals surface area contributed by atoms with E-state index in [9.17, 15) is 4.79 Å². The van der Waals surface area contributed by atoms with Gasteiger partial charge in [-0.25, -0.2) is 5.10 Å². The number of benzene rings is 1. The van der Waals surface area contributed by atoms with Gasteiger partial charge in [-0.15, -0.1) is 5.10 Å². The van der Waals surface area contributed by atoms with Crippen molar-refractivity contribution in [2.75, 3.05) is 20.3 Å². The van der Waals surface area contributed by atoms with Crippen molar-refractivity contribution in [3.63, 3.8) is 0 Å². The van der Waals surface area contributed by atoms with Gasteiger partial charge in [0.25, 0.3) is 10.7 Å². The molecule has 1 aliphatic rings. The van der Waals surface area contributed by atoms with Crippen molar-refractivity contribution in [3.05, 3.63) is 34.7 Å². The van der Waals surface area contributed by atoms with Crippen molar-refractivity contribution >= 4 is 18.1 Å². The van der Waals surface area contributed by atoms with E-state index >= 15 is 0 Å². The third kappa shape index (κ3) is 2.88. The maximum absolute atomic E-state index is 12.4. The van der Waals surface area contributed by atoms with Crippen LogP contribution in [-0.4, -0.2) is 47.3 Å². The molecule has 1 N–H and O–H groups in total. The van der Waals surface area contributed by atoms with Gasteiger partial charge in [0.15, 0.2) is 0 Å². The number of hydrogen-bond acceptors (Lipinski definition) is 5. The number of aromatic nitrogens is 2. The maximum Gasteiger partial charge on any atom is 0.284 e. The van der Waals surface area contributed by atoms with Gasteiger partial charge < -0.3 is 14.1 Å². The highest BCUT2D eigenvalue weighted by Crippen LogP contribution is 2.19. The molecule has 21 heavy (non-hydrogen) atoms. The van der Waals surface area contributed by atoms with Crippen molar-refractivity contribution < 1.29 is 13.9 Å². The van der Waals surface area contributed by atoms with E-state index in [2.05, 4.69) is 10.2 Å². The molecule has 1 aliphatic heterocycles.